The van der Waals surface area contributed by atoms with Gasteiger partial charge in [-0.1, -0.05) is 12.1 Å². The third-order valence-corrected chi connectivity index (χ3v) is 2.48. The van der Waals surface area contributed by atoms with Crippen LogP contribution in [0.25, 0.3) is 0 Å². The van der Waals surface area contributed by atoms with Crippen LogP contribution in [-0.4, -0.2) is 11.1 Å². The van der Waals surface area contributed by atoms with Gasteiger partial charge in [0.25, 0.3) is 0 Å². The van der Waals surface area contributed by atoms with Gasteiger partial charge in [-0.05, 0) is 36.4 Å². The third-order valence-electron chi connectivity index (χ3n) is 2.48. The first kappa shape index (κ1) is 13.9. The van der Waals surface area contributed by atoms with Crippen molar-refractivity contribution in [3.05, 3.63) is 59.7 Å². The zero-order chi connectivity index (χ0) is 14.8. The molecule has 0 aliphatic heterocycles. The molecule has 0 fully saturated rings. The largest absolute Gasteiger partial charge is 0.478 e. The summed E-state index contributed by atoms with van der Waals surface area (Å²) in [6.07, 6.45) is -4.46. The van der Waals surface area contributed by atoms with Crippen molar-refractivity contribution in [1.82, 2.24) is 0 Å². The van der Waals surface area contributed by atoms with Gasteiger partial charge in [-0.2, -0.15) is 13.2 Å². The number of carbonyl (C=O) groups is 1. The van der Waals surface area contributed by atoms with E-state index in [9.17, 15) is 18.0 Å². The molecule has 20 heavy (non-hydrogen) atoms. The predicted molar refractivity (Wildman–Crippen MR) is 64.9 cm³/mol. The van der Waals surface area contributed by atoms with Gasteiger partial charge in [0.2, 0.25) is 0 Å². The maximum Gasteiger partial charge on any atom is 0.416 e. The summed E-state index contributed by atoms with van der Waals surface area (Å²) >= 11 is 0. The van der Waals surface area contributed by atoms with Crippen molar-refractivity contribution in [3.63, 3.8) is 0 Å². The lowest BCUT2D eigenvalue weighted by Crippen LogP contribution is -2.04. The van der Waals surface area contributed by atoms with Crippen LogP contribution in [0, 0.1) is 0 Å². The summed E-state index contributed by atoms with van der Waals surface area (Å²) in [6, 6.07) is 9.89. The second-order valence-electron chi connectivity index (χ2n) is 3.96. The van der Waals surface area contributed by atoms with E-state index in [1.807, 2.05) is 0 Å². The predicted octanol–water partition coefficient (Wildman–Crippen LogP) is 4.20. The van der Waals surface area contributed by atoms with Crippen LogP contribution < -0.4 is 4.74 Å². The minimum atomic E-state index is -4.46. The van der Waals surface area contributed by atoms with Crippen molar-refractivity contribution in [3.8, 4) is 11.5 Å². The highest BCUT2D eigenvalue weighted by Gasteiger charge is 2.30. The van der Waals surface area contributed by atoms with Crippen LogP contribution in [0.3, 0.4) is 0 Å². The normalized spacial score (nSPS) is 11.2. The molecule has 0 amide bonds. The van der Waals surface area contributed by atoms with Gasteiger partial charge in [-0.15, -0.1) is 0 Å². The van der Waals surface area contributed by atoms with Crippen LogP contribution in [-0.2, 0) is 6.18 Å². The number of halogens is 3. The molecule has 3 nitrogen and oxygen atoms in total. The number of alkyl halides is 3. The lowest BCUT2D eigenvalue weighted by atomic mass is 10.2. The fraction of sp³-hybridized carbons (Fsp3) is 0.0714. The van der Waals surface area contributed by atoms with E-state index >= 15 is 0 Å². The molecule has 0 aliphatic rings. The molecular formula is C14H9F3O3. The monoisotopic (exact) mass is 282 g/mol. The summed E-state index contributed by atoms with van der Waals surface area (Å²) in [7, 11) is 0. The summed E-state index contributed by atoms with van der Waals surface area (Å²) < 4.78 is 42.9. The molecule has 0 aromatic heterocycles. The van der Waals surface area contributed by atoms with E-state index in [4.69, 9.17) is 9.84 Å². The van der Waals surface area contributed by atoms with Gasteiger partial charge in [0.05, 0.1) is 11.1 Å². The van der Waals surface area contributed by atoms with Crippen molar-refractivity contribution < 1.29 is 27.8 Å². The molecule has 1 N–H and O–H groups in total. The molecule has 0 unspecified atom stereocenters. The number of hydrogen-bond donors (Lipinski definition) is 1. The Morgan fingerprint density at radius 2 is 1.60 bits per heavy atom. The molecule has 0 bridgehead atoms. The van der Waals surface area contributed by atoms with Gasteiger partial charge in [0.15, 0.2) is 0 Å². The van der Waals surface area contributed by atoms with Crippen molar-refractivity contribution in [2.75, 3.05) is 0 Å². The highest BCUT2D eigenvalue weighted by Crippen LogP contribution is 2.32. The van der Waals surface area contributed by atoms with Crippen molar-refractivity contribution in [2.45, 2.75) is 6.18 Å². The van der Waals surface area contributed by atoms with Gasteiger partial charge in [0.1, 0.15) is 11.5 Å². The van der Waals surface area contributed by atoms with Crippen LogP contribution in [0.5, 0.6) is 11.5 Å². The Labute approximate surface area is 112 Å². The van der Waals surface area contributed by atoms with E-state index in [1.165, 1.54) is 36.4 Å². The molecule has 0 spiro atoms. The summed E-state index contributed by atoms with van der Waals surface area (Å²) in [5.41, 5.74) is -0.834. The molecule has 0 aliphatic carbocycles. The Morgan fingerprint density at radius 3 is 2.20 bits per heavy atom. The molecular weight excluding hydrogens is 273 g/mol. The number of carboxylic acids is 1. The second-order valence-corrected chi connectivity index (χ2v) is 3.96. The highest BCUT2D eigenvalue weighted by atomic mass is 19.4. The van der Waals surface area contributed by atoms with E-state index in [1.54, 1.807) is 0 Å². The van der Waals surface area contributed by atoms with Gasteiger partial charge in [-0.25, -0.2) is 4.79 Å². The van der Waals surface area contributed by atoms with E-state index in [0.29, 0.717) is 0 Å². The first-order valence-corrected chi connectivity index (χ1v) is 5.55. The zero-order valence-electron chi connectivity index (χ0n) is 10.0. The molecule has 2 aromatic carbocycles. The first-order valence-electron chi connectivity index (χ1n) is 5.55. The summed E-state index contributed by atoms with van der Waals surface area (Å²) in [6.45, 7) is 0. The lowest BCUT2D eigenvalue weighted by Gasteiger charge is -2.10. The quantitative estimate of drug-likeness (QED) is 0.917. The molecule has 2 aromatic rings. The summed E-state index contributed by atoms with van der Waals surface area (Å²) in [4.78, 5) is 10.8. The van der Waals surface area contributed by atoms with Crippen molar-refractivity contribution in [2.24, 2.45) is 0 Å². The zero-order valence-corrected chi connectivity index (χ0v) is 10.0. The highest BCUT2D eigenvalue weighted by molar-refractivity contribution is 5.88. The molecule has 2 rings (SSSR count). The molecule has 0 heterocycles. The average Bonchev–Trinajstić information content (AvgIpc) is 2.38. The maximum atomic E-state index is 12.5. The van der Waals surface area contributed by atoms with E-state index in [2.05, 4.69) is 0 Å². The van der Waals surface area contributed by atoms with Gasteiger partial charge < -0.3 is 9.84 Å². The first-order chi connectivity index (χ1) is 9.36. The maximum absolute atomic E-state index is 12.5. The Kier molecular flexibility index (Phi) is 3.65. The standard InChI is InChI=1S/C14H9F3O3/c15-14(16,17)10-4-2-6-12(8-10)20-11-5-1-3-9(7-11)13(18)19/h1-8H,(H,18,19). The average molecular weight is 282 g/mol. The Balaban J connectivity index is 2.26. The topological polar surface area (TPSA) is 46.5 Å². The van der Waals surface area contributed by atoms with Gasteiger partial charge in [-0.3, -0.25) is 0 Å². The molecule has 0 saturated heterocycles. The van der Waals surface area contributed by atoms with Crippen LogP contribution in [0.4, 0.5) is 13.2 Å². The molecule has 0 saturated carbocycles. The van der Waals surface area contributed by atoms with Crippen LogP contribution >= 0.6 is 0 Å². The number of hydrogen-bond acceptors (Lipinski definition) is 2. The number of carboxylic acid groups (broad SMARTS) is 1. The number of ether oxygens (including phenoxy) is 1. The number of aromatic carboxylic acids is 1. The Morgan fingerprint density at radius 1 is 1.00 bits per heavy atom. The third kappa shape index (κ3) is 3.28. The van der Waals surface area contributed by atoms with E-state index in [-0.39, 0.29) is 17.1 Å². The van der Waals surface area contributed by atoms with E-state index in [0.717, 1.165) is 12.1 Å². The minimum Gasteiger partial charge on any atom is -0.478 e. The number of rotatable bonds is 3. The number of benzene rings is 2. The molecule has 0 radical (unpaired) electrons. The minimum absolute atomic E-state index is 0.00511. The second kappa shape index (κ2) is 5.24. The molecule has 104 valence electrons. The SMILES string of the molecule is O=C(O)c1cccc(Oc2cccc(C(F)(F)F)c2)c1. The smallest absolute Gasteiger partial charge is 0.416 e. The van der Waals surface area contributed by atoms with Crippen LogP contribution in [0.1, 0.15) is 15.9 Å². The van der Waals surface area contributed by atoms with Crippen LogP contribution in [0.15, 0.2) is 48.5 Å². The summed E-state index contributed by atoms with van der Waals surface area (Å²) in [5, 5.41) is 8.82. The summed E-state index contributed by atoms with van der Waals surface area (Å²) in [5.74, 6) is -0.994. The fourth-order valence-corrected chi connectivity index (χ4v) is 1.56. The van der Waals surface area contributed by atoms with Crippen LogP contribution in [0.2, 0.25) is 0 Å². The van der Waals surface area contributed by atoms with Gasteiger partial charge >= 0.3 is 12.1 Å². The van der Waals surface area contributed by atoms with E-state index < -0.39 is 17.7 Å². The Bertz CT molecular complexity index is 636. The Hall–Kier alpha value is -2.50. The van der Waals surface area contributed by atoms with Gasteiger partial charge in [0, 0.05) is 0 Å². The lowest BCUT2D eigenvalue weighted by molar-refractivity contribution is -0.137. The molecule has 6 heteroatoms. The van der Waals surface area contributed by atoms with Crippen molar-refractivity contribution >= 4 is 5.97 Å². The molecule has 0 atom stereocenters. The fourth-order valence-electron chi connectivity index (χ4n) is 1.56. The van der Waals surface area contributed by atoms with Crippen molar-refractivity contribution in [1.29, 1.82) is 0 Å².